The second-order valence-electron chi connectivity index (χ2n) is 6.91. The van der Waals surface area contributed by atoms with Crippen LogP contribution >= 0.6 is 0 Å². The summed E-state index contributed by atoms with van der Waals surface area (Å²) in [6.07, 6.45) is 2.05. The summed E-state index contributed by atoms with van der Waals surface area (Å²) in [7, 11) is 0. The predicted molar refractivity (Wildman–Crippen MR) is 104 cm³/mol. The predicted octanol–water partition coefficient (Wildman–Crippen LogP) is 0.785. The number of benzene rings is 1. The van der Waals surface area contributed by atoms with Crippen molar-refractivity contribution in [1.29, 1.82) is 0 Å². The molecule has 1 fully saturated rings. The first-order valence-electron chi connectivity index (χ1n) is 9.61. The van der Waals surface area contributed by atoms with E-state index in [4.69, 9.17) is 0 Å². The number of amides is 3. The van der Waals surface area contributed by atoms with Gasteiger partial charge in [0.25, 0.3) is 5.91 Å². The third-order valence-electron chi connectivity index (χ3n) is 4.66. The maximum absolute atomic E-state index is 12.3. The molecule has 1 aliphatic rings. The molecule has 148 valence electrons. The van der Waals surface area contributed by atoms with E-state index >= 15 is 0 Å². The minimum absolute atomic E-state index is 0.00971. The van der Waals surface area contributed by atoms with Crippen molar-refractivity contribution in [3.05, 3.63) is 35.4 Å². The first-order valence-corrected chi connectivity index (χ1v) is 9.61. The summed E-state index contributed by atoms with van der Waals surface area (Å²) in [5, 5.41) is 5.59. The molecule has 2 rings (SSSR count). The molecule has 1 saturated heterocycles. The number of hydrogen-bond acceptors (Lipinski definition) is 4. The molecule has 1 aromatic rings. The lowest BCUT2D eigenvalue weighted by Crippen LogP contribution is -2.53. The van der Waals surface area contributed by atoms with Gasteiger partial charge >= 0.3 is 0 Å². The van der Waals surface area contributed by atoms with Crippen molar-refractivity contribution in [2.75, 3.05) is 45.8 Å². The number of aryl methyl sites for hydroxylation is 1. The van der Waals surface area contributed by atoms with E-state index in [9.17, 15) is 14.4 Å². The second-order valence-corrected chi connectivity index (χ2v) is 6.91. The Balaban J connectivity index is 1.68. The molecule has 1 heterocycles. The molecule has 27 heavy (non-hydrogen) atoms. The van der Waals surface area contributed by atoms with Crippen LogP contribution in [0, 0.1) is 6.92 Å². The number of unbranched alkanes of at least 4 members (excludes halogenated alkanes) is 1. The van der Waals surface area contributed by atoms with E-state index in [0.717, 1.165) is 18.4 Å². The van der Waals surface area contributed by atoms with Crippen LogP contribution in [0.25, 0.3) is 0 Å². The summed E-state index contributed by atoms with van der Waals surface area (Å²) >= 11 is 0. The van der Waals surface area contributed by atoms with Gasteiger partial charge in [-0.05, 0) is 25.5 Å². The number of nitrogens with one attached hydrogen (secondary N) is 2. The van der Waals surface area contributed by atoms with Gasteiger partial charge in [0.05, 0.1) is 13.1 Å². The highest BCUT2D eigenvalue weighted by Crippen LogP contribution is 2.04. The number of rotatable bonds is 8. The number of carbonyl (C=O) groups is 3. The minimum Gasteiger partial charge on any atom is -0.355 e. The molecule has 1 aliphatic heterocycles. The summed E-state index contributed by atoms with van der Waals surface area (Å²) in [4.78, 5) is 40.0. The van der Waals surface area contributed by atoms with E-state index in [1.165, 1.54) is 0 Å². The van der Waals surface area contributed by atoms with Gasteiger partial charge in [0.15, 0.2) is 0 Å². The Labute approximate surface area is 161 Å². The van der Waals surface area contributed by atoms with Gasteiger partial charge in [0, 0.05) is 38.3 Å². The van der Waals surface area contributed by atoms with Gasteiger partial charge in [-0.2, -0.15) is 0 Å². The molecule has 0 saturated carbocycles. The Morgan fingerprint density at radius 3 is 2.30 bits per heavy atom. The van der Waals surface area contributed by atoms with Crippen molar-refractivity contribution in [2.24, 2.45) is 0 Å². The average molecular weight is 374 g/mol. The third-order valence-corrected chi connectivity index (χ3v) is 4.66. The Bertz CT molecular complexity index is 637. The topological polar surface area (TPSA) is 81.8 Å². The molecule has 0 radical (unpaired) electrons. The van der Waals surface area contributed by atoms with E-state index in [1.807, 2.05) is 19.1 Å². The normalized spacial score (nSPS) is 14.7. The van der Waals surface area contributed by atoms with Gasteiger partial charge in [0.2, 0.25) is 11.8 Å². The number of nitrogens with zero attached hydrogens (tertiary/aromatic N) is 2. The fourth-order valence-corrected chi connectivity index (χ4v) is 2.89. The van der Waals surface area contributed by atoms with Crippen molar-refractivity contribution in [3.8, 4) is 0 Å². The lowest BCUT2D eigenvalue weighted by atomic mass is 10.1. The first-order chi connectivity index (χ1) is 13.0. The highest BCUT2D eigenvalue weighted by atomic mass is 16.2. The van der Waals surface area contributed by atoms with Crippen LogP contribution in [0.15, 0.2) is 24.3 Å². The Hall–Kier alpha value is -2.41. The zero-order chi connectivity index (χ0) is 19.6. The van der Waals surface area contributed by atoms with Gasteiger partial charge in [-0.3, -0.25) is 19.3 Å². The van der Waals surface area contributed by atoms with Gasteiger partial charge in [-0.15, -0.1) is 0 Å². The van der Waals surface area contributed by atoms with Crippen LogP contribution in [-0.4, -0.2) is 73.3 Å². The monoisotopic (exact) mass is 374 g/mol. The van der Waals surface area contributed by atoms with Crippen LogP contribution in [0.4, 0.5) is 0 Å². The smallest absolute Gasteiger partial charge is 0.251 e. The lowest BCUT2D eigenvalue weighted by Gasteiger charge is -2.34. The molecular formula is C20H30N4O3. The highest BCUT2D eigenvalue weighted by Gasteiger charge is 2.22. The van der Waals surface area contributed by atoms with Crippen LogP contribution in [0.5, 0.6) is 0 Å². The average Bonchev–Trinajstić information content (AvgIpc) is 2.67. The van der Waals surface area contributed by atoms with Crippen molar-refractivity contribution in [1.82, 2.24) is 20.4 Å². The fraction of sp³-hybridized carbons (Fsp3) is 0.550. The van der Waals surface area contributed by atoms with Gasteiger partial charge in [-0.1, -0.05) is 31.0 Å². The van der Waals surface area contributed by atoms with E-state index < -0.39 is 0 Å². The maximum atomic E-state index is 12.3. The summed E-state index contributed by atoms with van der Waals surface area (Å²) < 4.78 is 0. The zero-order valence-corrected chi connectivity index (χ0v) is 16.3. The first kappa shape index (κ1) is 20.9. The van der Waals surface area contributed by atoms with Crippen LogP contribution in [0.3, 0.4) is 0 Å². The summed E-state index contributed by atoms with van der Waals surface area (Å²) in [5.41, 5.74) is 1.63. The second kappa shape index (κ2) is 10.7. The number of carbonyl (C=O) groups excluding carboxylic acids is 3. The Morgan fingerprint density at radius 1 is 1.00 bits per heavy atom. The van der Waals surface area contributed by atoms with E-state index in [-0.39, 0.29) is 24.3 Å². The van der Waals surface area contributed by atoms with Crippen LogP contribution in [-0.2, 0) is 9.59 Å². The molecule has 2 N–H and O–H groups in total. The standard InChI is InChI=1S/C20H30N4O3/c1-3-4-9-21-18(25)15-23-10-12-24(13-11-23)19(26)14-22-20(27)17-7-5-16(2)6-8-17/h5-8H,3-4,9-15H2,1-2H3,(H,21,25)(H,22,27). The molecule has 0 bridgehead atoms. The van der Waals surface area contributed by atoms with E-state index in [2.05, 4.69) is 22.5 Å². The largest absolute Gasteiger partial charge is 0.355 e. The van der Waals surface area contributed by atoms with Crippen molar-refractivity contribution in [3.63, 3.8) is 0 Å². The quantitative estimate of drug-likeness (QED) is 0.659. The van der Waals surface area contributed by atoms with E-state index in [0.29, 0.717) is 44.8 Å². The molecule has 7 heteroatoms. The fourth-order valence-electron chi connectivity index (χ4n) is 2.89. The van der Waals surface area contributed by atoms with Crippen LogP contribution in [0.2, 0.25) is 0 Å². The third kappa shape index (κ3) is 7.02. The van der Waals surface area contributed by atoms with Gasteiger partial charge in [0.1, 0.15) is 0 Å². The minimum atomic E-state index is -0.245. The molecule has 0 aromatic heterocycles. The SMILES string of the molecule is CCCCNC(=O)CN1CCN(C(=O)CNC(=O)c2ccc(C)cc2)CC1. The van der Waals surface area contributed by atoms with Gasteiger partial charge in [-0.25, -0.2) is 0 Å². The number of piperazine rings is 1. The summed E-state index contributed by atoms with van der Waals surface area (Å²) in [6.45, 7) is 7.60. The van der Waals surface area contributed by atoms with Gasteiger partial charge < -0.3 is 15.5 Å². The highest BCUT2D eigenvalue weighted by molar-refractivity contribution is 5.96. The van der Waals surface area contributed by atoms with E-state index in [1.54, 1.807) is 17.0 Å². The molecule has 7 nitrogen and oxygen atoms in total. The van der Waals surface area contributed by atoms with Crippen molar-refractivity contribution in [2.45, 2.75) is 26.7 Å². The van der Waals surface area contributed by atoms with Crippen molar-refractivity contribution >= 4 is 17.7 Å². The Morgan fingerprint density at radius 2 is 1.67 bits per heavy atom. The molecule has 3 amide bonds. The van der Waals surface area contributed by atoms with Crippen LogP contribution in [0.1, 0.15) is 35.7 Å². The molecule has 0 unspecified atom stereocenters. The molecule has 0 atom stereocenters. The molecule has 1 aromatic carbocycles. The summed E-state index contributed by atoms with van der Waals surface area (Å²) in [5.74, 6) is -0.304. The maximum Gasteiger partial charge on any atom is 0.251 e. The van der Waals surface area contributed by atoms with Crippen molar-refractivity contribution < 1.29 is 14.4 Å². The Kier molecular flexibility index (Phi) is 8.26. The molecule has 0 spiro atoms. The molecule has 0 aliphatic carbocycles. The lowest BCUT2D eigenvalue weighted by molar-refractivity contribution is -0.132. The van der Waals surface area contributed by atoms with Crippen LogP contribution < -0.4 is 10.6 Å². The molecular weight excluding hydrogens is 344 g/mol. The summed E-state index contributed by atoms with van der Waals surface area (Å²) in [6, 6.07) is 7.24. The zero-order valence-electron chi connectivity index (χ0n) is 16.3. The number of hydrogen-bond donors (Lipinski definition) is 2.